The molecule has 2 N–H and O–H groups in total. The third-order valence-corrected chi connectivity index (χ3v) is 8.22. The monoisotopic (exact) mass is 333 g/mol. The van der Waals surface area contributed by atoms with Gasteiger partial charge in [0.05, 0.1) is 0 Å². The molecule has 0 heterocycles. The number of fused-ring (bicyclic) bond motifs is 1. The van der Waals surface area contributed by atoms with Gasteiger partial charge in [0, 0.05) is 0 Å². The fourth-order valence-corrected chi connectivity index (χ4v) is 6.94. The lowest BCUT2D eigenvalue weighted by Gasteiger charge is -2.25. The molecule has 0 aromatic heterocycles. The lowest BCUT2D eigenvalue weighted by atomic mass is 9.79. The van der Waals surface area contributed by atoms with Gasteiger partial charge in [-0.3, -0.25) is 0 Å². The summed E-state index contributed by atoms with van der Waals surface area (Å²) >= 11 is 0. The van der Waals surface area contributed by atoms with Crippen molar-refractivity contribution in [3.63, 3.8) is 0 Å². The molecular weight excluding hydrogens is 290 g/mol. The summed E-state index contributed by atoms with van der Waals surface area (Å²) in [5.74, 6) is 0.871. The Morgan fingerprint density at radius 1 is 0.458 bits per heavy atom. The van der Waals surface area contributed by atoms with Crippen LogP contribution in [-0.2, 0) is 0 Å². The van der Waals surface area contributed by atoms with Crippen molar-refractivity contribution >= 4 is 0 Å². The summed E-state index contributed by atoms with van der Waals surface area (Å²) in [5, 5.41) is 0. The van der Waals surface area contributed by atoms with E-state index < -0.39 is 0 Å². The average Bonchev–Trinajstić information content (AvgIpc) is 3.23. The zero-order chi connectivity index (χ0) is 16.7. The van der Waals surface area contributed by atoms with E-state index in [1.807, 2.05) is 0 Å². The highest BCUT2D eigenvalue weighted by atomic mass is 14.8. The van der Waals surface area contributed by atoms with E-state index in [0.29, 0.717) is 10.8 Å². The van der Waals surface area contributed by atoms with Gasteiger partial charge in [-0.15, -0.1) is 0 Å². The highest BCUT2D eigenvalue weighted by Crippen LogP contribution is 2.78. The molecule has 2 spiro atoms. The van der Waals surface area contributed by atoms with Crippen LogP contribution in [0.4, 0.5) is 0 Å². The lowest BCUT2D eigenvalue weighted by Crippen LogP contribution is -2.15. The third-order valence-electron chi connectivity index (χ3n) is 8.22. The van der Waals surface area contributed by atoms with Gasteiger partial charge in [0.25, 0.3) is 0 Å². The molecule has 0 aromatic rings. The van der Waals surface area contributed by atoms with Crippen LogP contribution in [0.2, 0.25) is 0 Å². The molecule has 0 aromatic carbocycles. The van der Waals surface area contributed by atoms with Gasteiger partial charge >= 0.3 is 0 Å². The Morgan fingerprint density at radius 2 is 0.708 bits per heavy atom. The van der Waals surface area contributed by atoms with E-state index >= 15 is 0 Å². The zero-order valence-corrected chi connectivity index (χ0v) is 16.3. The van der Waals surface area contributed by atoms with Gasteiger partial charge in [0.1, 0.15) is 0 Å². The van der Waals surface area contributed by atoms with Crippen LogP contribution < -0.4 is 5.73 Å². The van der Waals surface area contributed by atoms with Gasteiger partial charge in [-0.25, -0.2) is 0 Å². The second-order valence-electron chi connectivity index (χ2n) is 9.40. The Kier molecular flexibility index (Phi) is 7.07. The molecule has 3 saturated carbocycles. The van der Waals surface area contributed by atoms with Crippen LogP contribution >= 0.6 is 0 Å². The maximum Gasteiger partial charge on any atom is -0.00378 e. The summed E-state index contributed by atoms with van der Waals surface area (Å²) in [6, 6.07) is 0. The Balaban J connectivity index is 1.66. The van der Waals surface area contributed by atoms with E-state index in [-0.39, 0.29) is 0 Å². The van der Waals surface area contributed by atoms with Gasteiger partial charge in [-0.05, 0) is 49.0 Å². The van der Waals surface area contributed by atoms with Gasteiger partial charge in [0.2, 0.25) is 0 Å². The Hall–Kier alpha value is -0.0400. The van der Waals surface area contributed by atoms with E-state index in [2.05, 4.69) is 0 Å². The molecule has 3 fully saturated rings. The van der Waals surface area contributed by atoms with Gasteiger partial charge < -0.3 is 5.73 Å². The Bertz CT molecular complexity index is 339. The summed E-state index contributed by atoms with van der Waals surface area (Å²) in [5.41, 5.74) is 7.70. The Labute approximate surface area is 151 Å². The normalized spacial score (nSPS) is 32.1. The number of nitrogens with two attached hydrogens (primary N) is 1. The summed E-state index contributed by atoms with van der Waals surface area (Å²) in [6.07, 6.45) is 28.3. The maximum atomic E-state index is 6.36. The standard InChI is InChI=1S/C23H43N/c24-20-21-22(23(21)18-14-10-11-15-19-23)16-12-8-6-4-2-1-3-5-7-9-13-17-22/h21H,1-20,24H2. The minimum atomic E-state index is 0.663. The van der Waals surface area contributed by atoms with Crippen LogP contribution in [0.3, 0.4) is 0 Å². The second kappa shape index (κ2) is 9.06. The molecule has 1 heteroatoms. The molecule has 3 aliphatic rings. The predicted molar refractivity (Wildman–Crippen MR) is 105 cm³/mol. The van der Waals surface area contributed by atoms with Crippen molar-refractivity contribution in [2.75, 3.05) is 6.54 Å². The molecule has 0 amide bonds. The van der Waals surface area contributed by atoms with E-state index in [9.17, 15) is 0 Å². The summed E-state index contributed by atoms with van der Waals surface area (Å²) in [6.45, 7) is 0.972. The summed E-state index contributed by atoms with van der Waals surface area (Å²) in [4.78, 5) is 0. The quantitative estimate of drug-likeness (QED) is 0.550. The highest BCUT2D eigenvalue weighted by Gasteiger charge is 2.72. The Morgan fingerprint density at radius 3 is 0.958 bits per heavy atom. The molecule has 0 radical (unpaired) electrons. The molecule has 24 heavy (non-hydrogen) atoms. The molecule has 3 aliphatic carbocycles. The minimum absolute atomic E-state index is 0.663. The summed E-state index contributed by atoms with van der Waals surface area (Å²) in [7, 11) is 0. The van der Waals surface area contributed by atoms with E-state index in [4.69, 9.17) is 5.73 Å². The van der Waals surface area contributed by atoms with Crippen molar-refractivity contribution in [2.45, 2.75) is 122 Å². The molecule has 0 aliphatic heterocycles. The number of hydrogen-bond donors (Lipinski definition) is 1. The minimum Gasteiger partial charge on any atom is -0.330 e. The first-order chi connectivity index (χ1) is 11.9. The van der Waals surface area contributed by atoms with E-state index in [1.54, 1.807) is 0 Å². The zero-order valence-electron chi connectivity index (χ0n) is 16.3. The fraction of sp³-hybridized carbons (Fsp3) is 1.00. The predicted octanol–water partition coefficient (Wildman–Crippen LogP) is 6.99. The molecular formula is C23H43N. The molecule has 0 saturated heterocycles. The van der Waals surface area contributed by atoms with Crippen LogP contribution in [0.25, 0.3) is 0 Å². The van der Waals surface area contributed by atoms with Crippen LogP contribution in [0.15, 0.2) is 0 Å². The lowest BCUT2D eigenvalue weighted by molar-refractivity contribution is 0.250. The first-order valence-electron chi connectivity index (χ1n) is 11.6. The van der Waals surface area contributed by atoms with E-state index in [1.165, 1.54) is 122 Å². The fourth-order valence-electron chi connectivity index (χ4n) is 6.94. The molecule has 1 unspecified atom stereocenters. The average molecular weight is 334 g/mol. The van der Waals surface area contributed by atoms with Crippen LogP contribution in [0, 0.1) is 16.7 Å². The number of hydrogen-bond acceptors (Lipinski definition) is 1. The molecule has 3 rings (SSSR count). The topological polar surface area (TPSA) is 26.0 Å². The van der Waals surface area contributed by atoms with Gasteiger partial charge in [-0.2, -0.15) is 0 Å². The first-order valence-corrected chi connectivity index (χ1v) is 11.6. The number of rotatable bonds is 1. The van der Waals surface area contributed by atoms with Crippen LogP contribution in [-0.4, -0.2) is 6.54 Å². The van der Waals surface area contributed by atoms with Crippen LogP contribution in [0.5, 0.6) is 0 Å². The first kappa shape index (κ1) is 18.7. The maximum absolute atomic E-state index is 6.36. The summed E-state index contributed by atoms with van der Waals surface area (Å²) < 4.78 is 0. The van der Waals surface area contributed by atoms with Crippen molar-refractivity contribution in [1.29, 1.82) is 0 Å². The SMILES string of the molecule is NCC1C2(CCCCCCCCCCCCC2)C12CCCCCC2. The molecule has 1 atom stereocenters. The van der Waals surface area contributed by atoms with Crippen molar-refractivity contribution in [2.24, 2.45) is 22.5 Å². The smallest absolute Gasteiger partial charge is 0.00378 e. The van der Waals surface area contributed by atoms with Crippen molar-refractivity contribution < 1.29 is 0 Å². The third kappa shape index (κ3) is 3.87. The van der Waals surface area contributed by atoms with Crippen molar-refractivity contribution in [3.8, 4) is 0 Å². The van der Waals surface area contributed by atoms with Crippen LogP contribution in [0.1, 0.15) is 122 Å². The second-order valence-corrected chi connectivity index (χ2v) is 9.40. The molecule has 140 valence electrons. The largest absolute Gasteiger partial charge is 0.330 e. The van der Waals surface area contributed by atoms with Crippen molar-refractivity contribution in [3.05, 3.63) is 0 Å². The molecule has 0 bridgehead atoms. The highest BCUT2D eigenvalue weighted by molar-refractivity contribution is 5.21. The van der Waals surface area contributed by atoms with Crippen molar-refractivity contribution in [1.82, 2.24) is 0 Å². The van der Waals surface area contributed by atoms with Gasteiger partial charge in [0.15, 0.2) is 0 Å². The van der Waals surface area contributed by atoms with E-state index in [0.717, 1.165) is 12.5 Å². The molecule has 1 nitrogen and oxygen atoms in total. The van der Waals surface area contributed by atoms with Gasteiger partial charge in [-0.1, -0.05) is 96.3 Å².